The number of hydrogen-bond acceptors (Lipinski definition) is 5. The monoisotopic (exact) mass is 370 g/mol. The van der Waals surface area contributed by atoms with Crippen LogP contribution in [-0.2, 0) is 0 Å². The number of carbonyl (C=O) groups excluding carboxylic acids is 1. The number of aromatic carboxylic acids is 1. The molecule has 0 saturated carbocycles. The Morgan fingerprint density at radius 2 is 2.05 bits per heavy atom. The highest BCUT2D eigenvalue weighted by atomic mass is 79.9. The first-order valence-electron chi connectivity index (χ1n) is 5.45. The van der Waals surface area contributed by atoms with E-state index in [1.165, 1.54) is 29.6 Å². The van der Waals surface area contributed by atoms with Gasteiger partial charge in [-0.1, -0.05) is 15.9 Å². The summed E-state index contributed by atoms with van der Waals surface area (Å²) in [5.41, 5.74) is -0.397. The molecule has 7 nitrogen and oxygen atoms in total. The van der Waals surface area contributed by atoms with Crippen LogP contribution in [0.2, 0.25) is 0 Å². The Morgan fingerprint density at radius 1 is 1.33 bits per heavy atom. The van der Waals surface area contributed by atoms with Gasteiger partial charge in [-0.15, -0.1) is 11.3 Å². The lowest BCUT2D eigenvalue weighted by atomic mass is 10.1. The summed E-state index contributed by atoms with van der Waals surface area (Å²) >= 11 is 4.13. The fraction of sp³-hybridized carbons (Fsp3) is 0. The van der Waals surface area contributed by atoms with Crippen molar-refractivity contribution in [2.24, 2.45) is 0 Å². The third-order valence-corrected chi connectivity index (χ3v) is 3.82. The largest absolute Gasteiger partial charge is 0.478 e. The summed E-state index contributed by atoms with van der Waals surface area (Å²) in [6.45, 7) is 0. The summed E-state index contributed by atoms with van der Waals surface area (Å²) in [4.78, 5) is 33.1. The summed E-state index contributed by atoms with van der Waals surface area (Å²) in [5, 5.41) is 23.9. The molecule has 1 aromatic heterocycles. The second-order valence-corrected chi connectivity index (χ2v) is 5.70. The number of benzene rings is 1. The zero-order chi connectivity index (χ0) is 15.6. The topological polar surface area (TPSA) is 110 Å². The quantitative estimate of drug-likeness (QED) is 0.633. The predicted molar refractivity (Wildman–Crippen MR) is 80.0 cm³/mol. The van der Waals surface area contributed by atoms with Crippen LogP contribution in [0, 0.1) is 10.1 Å². The van der Waals surface area contributed by atoms with E-state index < -0.39 is 16.8 Å². The van der Waals surface area contributed by atoms with Crippen LogP contribution in [0.4, 0.5) is 10.7 Å². The van der Waals surface area contributed by atoms with Crippen LogP contribution in [0.5, 0.6) is 0 Å². The molecule has 2 N–H and O–H groups in total. The van der Waals surface area contributed by atoms with Gasteiger partial charge in [0, 0.05) is 15.9 Å². The van der Waals surface area contributed by atoms with Gasteiger partial charge in [-0.3, -0.25) is 14.9 Å². The lowest BCUT2D eigenvalue weighted by Gasteiger charge is -2.04. The van der Waals surface area contributed by atoms with Gasteiger partial charge in [0.2, 0.25) is 0 Å². The molecule has 0 radical (unpaired) electrons. The maximum Gasteiger partial charge on any atom is 0.336 e. The maximum atomic E-state index is 12.1. The van der Waals surface area contributed by atoms with E-state index in [0.29, 0.717) is 9.47 Å². The minimum Gasteiger partial charge on any atom is -0.478 e. The minimum atomic E-state index is -1.11. The molecule has 0 atom stereocenters. The fourth-order valence-electron chi connectivity index (χ4n) is 1.54. The molecule has 0 saturated heterocycles. The summed E-state index contributed by atoms with van der Waals surface area (Å²) in [6, 6.07) is 5.35. The number of hydrogen-bond donors (Lipinski definition) is 2. The van der Waals surface area contributed by atoms with Gasteiger partial charge in [-0.25, -0.2) is 4.79 Å². The summed E-state index contributed by atoms with van der Waals surface area (Å²) < 4.78 is 0.482. The molecular formula is C12H7BrN2O5S. The van der Waals surface area contributed by atoms with E-state index in [0.717, 1.165) is 11.3 Å². The standard InChI is InChI=1S/C12H7BrN2O5S/c13-7-1-2-8(9(4-7)15(19)20)11(16)14-10-3-6(5-21-10)12(17)18/h1-5H,(H,14,16)(H,17,18). The Kier molecular flexibility index (Phi) is 4.34. The van der Waals surface area contributed by atoms with Crippen LogP contribution >= 0.6 is 27.3 Å². The van der Waals surface area contributed by atoms with E-state index >= 15 is 0 Å². The Balaban J connectivity index is 2.27. The van der Waals surface area contributed by atoms with Gasteiger partial charge in [0.05, 0.1) is 15.5 Å². The molecule has 108 valence electrons. The lowest BCUT2D eigenvalue weighted by Crippen LogP contribution is -2.13. The van der Waals surface area contributed by atoms with Crippen molar-refractivity contribution in [2.45, 2.75) is 0 Å². The number of thiophene rings is 1. The van der Waals surface area contributed by atoms with E-state index in [1.54, 1.807) is 0 Å². The number of nitrogens with zero attached hydrogens (tertiary/aromatic N) is 1. The zero-order valence-electron chi connectivity index (χ0n) is 10.2. The first-order valence-corrected chi connectivity index (χ1v) is 7.13. The molecule has 1 amide bonds. The Morgan fingerprint density at radius 3 is 2.62 bits per heavy atom. The molecule has 1 heterocycles. The van der Waals surface area contributed by atoms with Crippen LogP contribution in [-0.4, -0.2) is 21.9 Å². The van der Waals surface area contributed by atoms with E-state index in [4.69, 9.17) is 5.11 Å². The third kappa shape index (κ3) is 3.44. The molecule has 9 heteroatoms. The molecule has 0 aliphatic heterocycles. The van der Waals surface area contributed by atoms with Crippen LogP contribution in [0.15, 0.2) is 34.1 Å². The van der Waals surface area contributed by atoms with Crippen LogP contribution in [0.1, 0.15) is 20.7 Å². The predicted octanol–water partition coefficient (Wildman–Crippen LogP) is 3.37. The number of carboxylic acids is 1. The van der Waals surface area contributed by atoms with E-state index in [-0.39, 0.29) is 16.8 Å². The van der Waals surface area contributed by atoms with Gasteiger partial charge in [0.15, 0.2) is 0 Å². The van der Waals surface area contributed by atoms with Crippen molar-refractivity contribution in [3.05, 3.63) is 55.4 Å². The smallest absolute Gasteiger partial charge is 0.336 e. The maximum absolute atomic E-state index is 12.1. The third-order valence-electron chi connectivity index (χ3n) is 2.48. The number of nitrogens with one attached hydrogen (secondary N) is 1. The van der Waals surface area contributed by atoms with E-state index in [1.807, 2.05) is 0 Å². The van der Waals surface area contributed by atoms with Crippen molar-refractivity contribution < 1.29 is 19.6 Å². The number of carboxylic acid groups (broad SMARTS) is 1. The highest BCUT2D eigenvalue weighted by Crippen LogP contribution is 2.26. The number of nitro groups is 1. The molecule has 0 aliphatic carbocycles. The van der Waals surface area contributed by atoms with Gasteiger partial charge in [0.25, 0.3) is 11.6 Å². The summed E-state index contributed by atoms with van der Waals surface area (Å²) in [5.74, 6) is -1.78. The molecule has 0 bridgehead atoms. The summed E-state index contributed by atoms with van der Waals surface area (Å²) in [6.07, 6.45) is 0. The highest BCUT2D eigenvalue weighted by Gasteiger charge is 2.21. The van der Waals surface area contributed by atoms with Crippen molar-refractivity contribution in [3.63, 3.8) is 0 Å². The van der Waals surface area contributed by atoms with E-state index in [9.17, 15) is 19.7 Å². The number of halogens is 1. The SMILES string of the molecule is O=C(O)c1csc(NC(=O)c2ccc(Br)cc2[N+](=O)[O-])c1. The van der Waals surface area contributed by atoms with Crippen molar-refractivity contribution in [1.29, 1.82) is 0 Å². The van der Waals surface area contributed by atoms with Gasteiger partial charge in [-0.05, 0) is 18.2 Å². The molecular weight excluding hydrogens is 364 g/mol. The normalized spacial score (nSPS) is 10.1. The zero-order valence-corrected chi connectivity index (χ0v) is 12.6. The lowest BCUT2D eigenvalue weighted by molar-refractivity contribution is -0.385. The van der Waals surface area contributed by atoms with Crippen molar-refractivity contribution >= 4 is 49.8 Å². The highest BCUT2D eigenvalue weighted by molar-refractivity contribution is 9.10. The number of nitro benzene ring substituents is 1. The van der Waals surface area contributed by atoms with Gasteiger partial charge >= 0.3 is 5.97 Å². The Labute approximate surface area is 130 Å². The number of amides is 1. The Bertz CT molecular complexity index is 743. The number of carbonyl (C=O) groups is 2. The second kappa shape index (κ2) is 6.02. The number of anilines is 1. The molecule has 0 aliphatic rings. The van der Waals surface area contributed by atoms with Crippen LogP contribution < -0.4 is 5.32 Å². The van der Waals surface area contributed by atoms with Gasteiger partial charge in [-0.2, -0.15) is 0 Å². The van der Waals surface area contributed by atoms with Gasteiger partial charge < -0.3 is 10.4 Å². The minimum absolute atomic E-state index is 0.0422. The van der Waals surface area contributed by atoms with Crippen LogP contribution in [0.3, 0.4) is 0 Å². The average Bonchev–Trinajstić information content (AvgIpc) is 2.87. The van der Waals surface area contributed by atoms with Gasteiger partial charge in [0.1, 0.15) is 5.56 Å². The molecule has 21 heavy (non-hydrogen) atoms. The first kappa shape index (κ1) is 15.1. The van der Waals surface area contributed by atoms with Crippen molar-refractivity contribution in [2.75, 3.05) is 5.32 Å². The molecule has 2 rings (SSSR count). The van der Waals surface area contributed by atoms with Crippen LogP contribution in [0.25, 0.3) is 0 Å². The second-order valence-electron chi connectivity index (χ2n) is 3.88. The molecule has 0 fully saturated rings. The Hall–Kier alpha value is -2.26. The van der Waals surface area contributed by atoms with Crippen molar-refractivity contribution in [1.82, 2.24) is 0 Å². The molecule has 0 spiro atoms. The average molecular weight is 371 g/mol. The fourth-order valence-corrected chi connectivity index (χ4v) is 2.66. The van der Waals surface area contributed by atoms with E-state index in [2.05, 4.69) is 21.2 Å². The van der Waals surface area contributed by atoms with Crippen molar-refractivity contribution in [3.8, 4) is 0 Å². The first-order chi connectivity index (χ1) is 9.88. The molecule has 1 aromatic carbocycles. The summed E-state index contributed by atoms with van der Waals surface area (Å²) in [7, 11) is 0. The number of rotatable bonds is 4. The molecule has 2 aromatic rings. The molecule has 0 unspecified atom stereocenters.